The Morgan fingerprint density at radius 3 is 2.67 bits per heavy atom. The number of carbonyl (C=O) groups is 1. The van der Waals surface area contributed by atoms with Crippen molar-refractivity contribution in [2.75, 3.05) is 6.54 Å². The number of ether oxygens (including phenoxy) is 1. The molecule has 3 fully saturated rings. The standard InChI is InChI=1S/C19H24N2O3/c1-10-11(2-3-12-13(10)9-24-19(12)23)18(22)8-21-16-6-7-17(21)15-5-4-14(16)20-15/h2-3,14-18,20,22H,4-9H2,1H3/t14?,15?,16?,17?,18-/m0/s1. The number of hydrogen-bond donors (Lipinski definition) is 2. The minimum atomic E-state index is -0.508. The van der Waals surface area contributed by atoms with Gasteiger partial charge >= 0.3 is 5.97 Å². The number of benzene rings is 1. The highest BCUT2D eigenvalue weighted by molar-refractivity contribution is 5.93. The van der Waals surface area contributed by atoms with Gasteiger partial charge in [-0.25, -0.2) is 4.79 Å². The first kappa shape index (κ1) is 14.9. The van der Waals surface area contributed by atoms with Crippen LogP contribution in [0, 0.1) is 6.92 Å². The molecule has 1 aromatic rings. The third-order valence-corrected chi connectivity index (χ3v) is 6.71. The van der Waals surface area contributed by atoms with E-state index in [1.54, 1.807) is 0 Å². The third-order valence-electron chi connectivity index (χ3n) is 6.71. The highest BCUT2D eigenvalue weighted by atomic mass is 16.5. The molecule has 0 saturated carbocycles. The topological polar surface area (TPSA) is 61.8 Å². The molecular formula is C19H24N2O3. The van der Waals surface area contributed by atoms with Crippen LogP contribution in [-0.2, 0) is 11.3 Å². The third kappa shape index (κ3) is 2.01. The Morgan fingerprint density at radius 2 is 1.96 bits per heavy atom. The van der Waals surface area contributed by atoms with Gasteiger partial charge in [0.05, 0.1) is 11.7 Å². The predicted molar refractivity (Wildman–Crippen MR) is 88.7 cm³/mol. The molecule has 0 radical (unpaired) electrons. The van der Waals surface area contributed by atoms with Gasteiger partial charge in [0.2, 0.25) is 0 Å². The Labute approximate surface area is 142 Å². The van der Waals surface area contributed by atoms with E-state index in [2.05, 4.69) is 10.2 Å². The highest BCUT2D eigenvalue weighted by Crippen LogP contribution is 2.41. The van der Waals surface area contributed by atoms with Gasteiger partial charge in [0, 0.05) is 36.3 Å². The highest BCUT2D eigenvalue weighted by Gasteiger charge is 2.50. The first-order valence-electron chi connectivity index (χ1n) is 9.13. The van der Waals surface area contributed by atoms with Crippen LogP contribution in [0.5, 0.6) is 0 Å². The summed E-state index contributed by atoms with van der Waals surface area (Å²) in [5, 5.41) is 14.7. The van der Waals surface area contributed by atoms with Crippen LogP contribution >= 0.6 is 0 Å². The number of nitrogens with zero attached hydrogens (tertiary/aromatic N) is 1. The summed E-state index contributed by atoms with van der Waals surface area (Å²) in [6, 6.07) is 6.07. The van der Waals surface area contributed by atoms with Gasteiger partial charge in [-0.05, 0) is 49.8 Å². The maximum absolute atomic E-state index is 11.7. The van der Waals surface area contributed by atoms with Crippen molar-refractivity contribution >= 4 is 5.97 Å². The monoisotopic (exact) mass is 328 g/mol. The van der Waals surface area contributed by atoms with Crippen LogP contribution in [0.25, 0.3) is 0 Å². The van der Waals surface area contributed by atoms with Crippen LogP contribution in [0.2, 0.25) is 0 Å². The lowest BCUT2D eigenvalue weighted by atomic mass is 9.94. The van der Waals surface area contributed by atoms with E-state index < -0.39 is 6.10 Å². The van der Waals surface area contributed by atoms with Crippen LogP contribution in [0.1, 0.15) is 58.8 Å². The van der Waals surface area contributed by atoms with E-state index in [9.17, 15) is 9.90 Å². The van der Waals surface area contributed by atoms with Crippen molar-refractivity contribution < 1.29 is 14.6 Å². The summed E-state index contributed by atoms with van der Waals surface area (Å²) in [6.07, 6.45) is 4.53. The molecule has 5 rings (SSSR count). The molecule has 4 aliphatic heterocycles. The van der Waals surface area contributed by atoms with E-state index in [-0.39, 0.29) is 5.97 Å². The van der Waals surface area contributed by atoms with Gasteiger partial charge < -0.3 is 15.2 Å². The predicted octanol–water partition coefficient (Wildman–Crippen LogP) is 1.67. The molecule has 4 unspecified atom stereocenters. The van der Waals surface area contributed by atoms with Crippen LogP contribution < -0.4 is 5.32 Å². The van der Waals surface area contributed by atoms with Crippen molar-refractivity contribution in [3.8, 4) is 0 Å². The Morgan fingerprint density at radius 1 is 1.25 bits per heavy atom. The SMILES string of the molecule is Cc1c([C@@H](O)CN2C3CCC2C2CCC3N2)ccc2c1COC2=O. The molecule has 4 aliphatic rings. The normalized spacial score (nSPS) is 35.2. The van der Waals surface area contributed by atoms with Gasteiger partial charge in [-0.1, -0.05) is 6.07 Å². The van der Waals surface area contributed by atoms with Gasteiger partial charge in [-0.2, -0.15) is 0 Å². The molecule has 4 heterocycles. The average molecular weight is 328 g/mol. The number of rotatable bonds is 3. The molecule has 0 amide bonds. The summed E-state index contributed by atoms with van der Waals surface area (Å²) in [7, 11) is 0. The summed E-state index contributed by atoms with van der Waals surface area (Å²) in [5.74, 6) is -0.245. The molecule has 3 saturated heterocycles. The van der Waals surface area contributed by atoms with E-state index in [1.807, 2.05) is 19.1 Å². The Kier molecular flexibility index (Phi) is 3.27. The second kappa shape index (κ2) is 5.28. The molecule has 24 heavy (non-hydrogen) atoms. The van der Waals surface area contributed by atoms with Crippen molar-refractivity contribution in [1.82, 2.24) is 10.2 Å². The zero-order valence-corrected chi connectivity index (χ0v) is 14.0. The Bertz CT molecular complexity index is 686. The Balaban J connectivity index is 1.40. The number of hydrogen-bond acceptors (Lipinski definition) is 5. The average Bonchev–Trinajstić information content (AvgIpc) is 3.21. The van der Waals surface area contributed by atoms with E-state index in [0.717, 1.165) is 16.7 Å². The number of esters is 1. The van der Waals surface area contributed by atoms with Crippen molar-refractivity contribution in [2.45, 2.75) is 69.5 Å². The molecule has 2 N–H and O–H groups in total. The first-order valence-corrected chi connectivity index (χ1v) is 9.13. The summed E-state index contributed by atoms with van der Waals surface area (Å²) >= 11 is 0. The number of carbonyl (C=O) groups excluding carboxylic acids is 1. The zero-order chi connectivity index (χ0) is 16.4. The molecule has 4 bridgehead atoms. The minimum absolute atomic E-state index is 0.245. The summed E-state index contributed by atoms with van der Waals surface area (Å²) in [6.45, 7) is 3.03. The van der Waals surface area contributed by atoms with Crippen molar-refractivity contribution in [3.05, 3.63) is 34.4 Å². The maximum Gasteiger partial charge on any atom is 0.338 e. The van der Waals surface area contributed by atoms with Gasteiger partial charge in [0.1, 0.15) is 6.61 Å². The number of aliphatic hydroxyl groups is 1. The van der Waals surface area contributed by atoms with E-state index in [1.165, 1.54) is 25.7 Å². The smallest absolute Gasteiger partial charge is 0.338 e. The lowest BCUT2D eigenvalue weighted by Crippen LogP contribution is -2.59. The van der Waals surface area contributed by atoms with Crippen molar-refractivity contribution in [3.63, 3.8) is 0 Å². The first-order chi connectivity index (χ1) is 11.6. The number of fused-ring (bicyclic) bond motifs is 7. The molecule has 0 aromatic heterocycles. The summed E-state index contributed by atoms with van der Waals surface area (Å²) in [4.78, 5) is 14.2. The van der Waals surface area contributed by atoms with E-state index in [0.29, 0.717) is 42.9 Å². The fourth-order valence-corrected chi connectivity index (χ4v) is 5.49. The van der Waals surface area contributed by atoms with Gasteiger partial charge in [-0.3, -0.25) is 4.90 Å². The van der Waals surface area contributed by atoms with E-state index in [4.69, 9.17) is 4.74 Å². The summed E-state index contributed by atoms with van der Waals surface area (Å²) in [5.41, 5.74) is 3.55. The largest absolute Gasteiger partial charge is 0.457 e. The van der Waals surface area contributed by atoms with Crippen LogP contribution in [0.15, 0.2) is 12.1 Å². The van der Waals surface area contributed by atoms with E-state index >= 15 is 0 Å². The Hall–Kier alpha value is -1.43. The second-order valence-electron chi connectivity index (χ2n) is 7.76. The van der Waals surface area contributed by atoms with Gasteiger partial charge in [0.15, 0.2) is 0 Å². The number of aliphatic hydroxyl groups excluding tert-OH is 1. The van der Waals surface area contributed by atoms with Crippen molar-refractivity contribution in [2.24, 2.45) is 0 Å². The lowest BCUT2D eigenvalue weighted by Gasteiger charge is -2.41. The second-order valence-corrected chi connectivity index (χ2v) is 7.76. The molecular weight excluding hydrogens is 304 g/mol. The zero-order valence-electron chi connectivity index (χ0n) is 14.0. The van der Waals surface area contributed by atoms with Crippen molar-refractivity contribution in [1.29, 1.82) is 0 Å². The maximum atomic E-state index is 11.7. The quantitative estimate of drug-likeness (QED) is 0.827. The van der Waals surface area contributed by atoms with Crippen LogP contribution in [-0.4, -0.2) is 46.7 Å². The molecule has 1 aromatic carbocycles. The fourth-order valence-electron chi connectivity index (χ4n) is 5.49. The molecule has 5 heteroatoms. The molecule has 5 nitrogen and oxygen atoms in total. The molecule has 0 aliphatic carbocycles. The van der Waals surface area contributed by atoms with Crippen LogP contribution in [0.4, 0.5) is 0 Å². The number of piperazine rings is 1. The minimum Gasteiger partial charge on any atom is -0.457 e. The summed E-state index contributed by atoms with van der Waals surface area (Å²) < 4.78 is 5.13. The number of cyclic esters (lactones) is 1. The van der Waals surface area contributed by atoms with Crippen LogP contribution in [0.3, 0.4) is 0 Å². The molecule has 0 spiro atoms. The molecule has 5 atom stereocenters. The van der Waals surface area contributed by atoms with Gasteiger partial charge in [0.25, 0.3) is 0 Å². The number of nitrogens with one attached hydrogen (secondary N) is 1. The van der Waals surface area contributed by atoms with Gasteiger partial charge in [-0.15, -0.1) is 0 Å². The fraction of sp³-hybridized carbons (Fsp3) is 0.632. The molecule has 128 valence electrons. The lowest BCUT2D eigenvalue weighted by molar-refractivity contribution is 0.0482.